The number of aromatic nitrogens is 3. The number of alkyl halides is 3. The summed E-state index contributed by atoms with van der Waals surface area (Å²) in [6.45, 7) is 3.48. The van der Waals surface area contributed by atoms with Crippen molar-refractivity contribution in [3.63, 3.8) is 0 Å². The van der Waals surface area contributed by atoms with Crippen molar-refractivity contribution in [3.8, 4) is 10.6 Å². The van der Waals surface area contributed by atoms with Crippen LogP contribution in [0.1, 0.15) is 37.0 Å². The van der Waals surface area contributed by atoms with Crippen LogP contribution in [0.3, 0.4) is 0 Å². The number of halogens is 4. The van der Waals surface area contributed by atoms with Gasteiger partial charge in [0.1, 0.15) is 5.00 Å². The number of carbonyl (C=O) groups excluding carboxylic acids is 2. The van der Waals surface area contributed by atoms with Gasteiger partial charge in [-0.1, -0.05) is 6.07 Å². The Hall–Kier alpha value is -2.77. The van der Waals surface area contributed by atoms with Crippen molar-refractivity contribution >= 4 is 61.1 Å². The molecule has 13 heteroatoms. The van der Waals surface area contributed by atoms with E-state index in [0.717, 1.165) is 22.3 Å². The molecule has 0 atom stereocenters. The minimum absolute atomic E-state index is 0.00600. The zero-order chi connectivity index (χ0) is 24.1. The summed E-state index contributed by atoms with van der Waals surface area (Å²) in [7, 11) is 1.22. The van der Waals surface area contributed by atoms with Crippen LogP contribution in [0, 0.1) is 13.8 Å². The first kappa shape index (κ1) is 23.4. The number of hydrogen-bond donors (Lipinski definition) is 1. The van der Waals surface area contributed by atoms with Crippen LogP contribution in [0.15, 0.2) is 28.1 Å². The monoisotopic (exact) mass is 558 g/mol. The lowest BCUT2D eigenvalue weighted by Gasteiger charge is -2.10. The maximum Gasteiger partial charge on any atom is 0.433 e. The molecule has 0 saturated heterocycles. The van der Waals surface area contributed by atoms with Crippen molar-refractivity contribution in [3.05, 3.63) is 55.4 Å². The molecule has 1 N–H and O–H groups in total. The predicted octanol–water partition coefficient (Wildman–Crippen LogP) is 5.96. The molecule has 0 unspecified atom stereocenters. The second-order valence-electron chi connectivity index (χ2n) is 6.83. The van der Waals surface area contributed by atoms with Crippen molar-refractivity contribution in [2.75, 3.05) is 12.4 Å². The lowest BCUT2D eigenvalue weighted by Crippen LogP contribution is -2.16. The molecule has 0 fully saturated rings. The Balaban J connectivity index is 1.83. The van der Waals surface area contributed by atoms with Crippen LogP contribution in [0.4, 0.5) is 18.2 Å². The average molecular weight is 559 g/mol. The number of hydrogen-bond acceptors (Lipinski definition) is 7. The van der Waals surface area contributed by atoms with E-state index in [1.54, 1.807) is 31.4 Å². The molecule has 172 valence electrons. The lowest BCUT2D eigenvalue weighted by molar-refractivity contribution is -0.142. The molecule has 4 rings (SSSR count). The van der Waals surface area contributed by atoms with Gasteiger partial charge in [-0.15, -0.1) is 22.7 Å². The summed E-state index contributed by atoms with van der Waals surface area (Å²) in [5, 5.41) is 8.40. The normalized spacial score (nSPS) is 11.7. The Morgan fingerprint density at radius 3 is 2.61 bits per heavy atom. The number of ether oxygens (including phenoxy) is 1. The summed E-state index contributed by atoms with van der Waals surface area (Å²) in [5.74, 6) is -1.44. The summed E-state index contributed by atoms with van der Waals surface area (Å²) in [4.78, 5) is 30.8. The van der Waals surface area contributed by atoms with E-state index in [1.807, 2.05) is 0 Å². The maximum absolute atomic E-state index is 13.8. The minimum atomic E-state index is -4.74. The molecule has 4 heterocycles. The second-order valence-corrected chi connectivity index (χ2v) is 9.80. The molecular weight excluding hydrogens is 545 g/mol. The zero-order valence-corrected chi connectivity index (χ0v) is 20.4. The lowest BCUT2D eigenvalue weighted by atomic mass is 10.1. The van der Waals surface area contributed by atoms with Crippen LogP contribution >= 0.6 is 38.6 Å². The summed E-state index contributed by atoms with van der Waals surface area (Å²) in [6, 6.07) is 4.24. The second kappa shape index (κ2) is 8.54. The molecule has 0 aliphatic rings. The fourth-order valence-electron chi connectivity index (χ4n) is 3.11. The van der Waals surface area contributed by atoms with Gasteiger partial charge in [0.25, 0.3) is 5.91 Å². The van der Waals surface area contributed by atoms with Gasteiger partial charge in [-0.25, -0.2) is 14.3 Å². The average Bonchev–Trinajstić information content (AvgIpc) is 3.46. The maximum atomic E-state index is 13.8. The fourth-order valence-corrected chi connectivity index (χ4v) is 5.36. The van der Waals surface area contributed by atoms with Crippen LogP contribution in [-0.4, -0.2) is 33.6 Å². The van der Waals surface area contributed by atoms with Crippen molar-refractivity contribution in [1.82, 2.24) is 14.6 Å². The SMILES string of the molecule is COC(=O)c1c(NC(=O)c2nn3c(C(F)(F)F)cc(-c4cccs4)nc3c2Br)sc(C)c1C. The molecular formula is C20H14BrF3N4O3S2. The first-order chi connectivity index (χ1) is 15.5. The number of nitrogens with zero attached hydrogens (tertiary/aromatic N) is 3. The van der Waals surface area contributed by atoms with Gasteiger partial charge in [-0.2, -0.15) is 18.3 Å². The Labute approximate surface area is 201 Å². The molecule has 0 aliphatic heterocycles. The molecule has 0 aromatic carbocycles. The van der Waals surface area contributed by atoms with Crippen molar-refractivity contribution < 1.29 is 27.5 Å². The van der Waals surface area contributed by atoms with E-state index in [0.29, 0.717) is 15.0 Å². The number of fused-ring (bicyclic) bond motifs is 1. The number of aryl methyl sites for hydroxylation is 1. The quantitative estimate of drug-likeness (QED) is 0.312. The van der Waals surface area contributed by atoms with Gasteiger partial charge >= 0.3 is 12.1 Å². The third-order valence-electron chi connectivity index (χ3n) is 4.81. The fraction of sp³-hybridized carbons (Fsp3) is 0.200. The highest BCUT2D eigenvalue weighted by atomic mass is 79.9. The summed E-state index contributed by atoms with van der Waals surface area (Å²) in [5.41, 5.74) is -0.621. The third-order valence-corrected chi connectivity index (χ3v) is 7.56. The van der Waals surface area contributed by atoms with E-state index in [1.165, 1.54) is 18.4 Å². The Kier molecular flexibility index (Phi) is 6.05. The molecule has 0 aliphatic carbocycles. The molecule has 4 aromatic heterocycles. The van der Waals surface area contributed by atoms with E-state index in [-0.39, 0.29) is 32.1 Å². The van der Waals surface area contributed by atoms with Crippen molar-refractivity contribution in [2.24, 2.45) is 0 Å². The molecule has 0 spiro atoms. The van der Waals surface area contributed by atoms with E-state index in [4.69, 9.17) is 4.74 Å². The number of anilines is 1. The van der Waals surface area contributed by atoms with Crippen molar-refractivity contribution in [1.29, 1.82) is 0 Å². The first-order valence-corrected chi connectivity index (χ1v) is 11.7. The van der Waals surface area contributed by atoms with E-state index >= 15 is 0 Å². The molecule has 0 radical (unpaired) electrons. The van der Waals surface area contributed by atoms with Gasteiger partial charge < -0.3 is 10.1 Å². The number of rotatable bonds is 4. The number of amides is 1. The predicted molar refractivity (Wildman–Crippen MR) is 122 cm³/mol. The van der Waals surface area contributed by atoms with Gasteiger partial charge in [0.2, 0.25) is 0 Å². The highest BCUT2D eigenvalue weighted by Crippen LogP contribution is 2.37. The molecule has 4 aromatic rings. The van der Waals surface area contributed by atoms with Gasteiger partial charge in [0, 0.05) is 4.88 Å². The minimum Gasteiger partial charge on any atom is -0.465 e. The smallest absolute Gasteiger partial charge is 0.433 e. The van der Waals surface area contributed by atoms with Crippen molar-refractivity contribution in [2.45, 2.75) is 20.0 Å². The number of thiophene rings is 2. The van der Waals surface area contributed by atoms with Gasteiger partial charge in [0.15, 0.2) is 17.0 Å². The third kappa shape index (κ3) is 4.15. The van der Waals surface area contributed by atoms with Crippen LogP contribution in [0.2, 0.25) is 0 Å². The highest BCUT2D eigenvalue weighted by molar-refractivity contribution is 9.10. The summed E-state index contributed by atoms with van der Waals surface area (Å²) < 4.78 is 46.8. The van der Waals surface area contributed by atoms with Gasteiger partial charge in [0.05, 0.1) is 27.7 Å². The summed E-state index contributed by atoms with van der Waals surface area (Å²) in [6.07, 6.45) is -4.74. The molecule has 33 heavy (non-hydrogen) atoms. The van der Waals surface area contributed by atoms with Gasteiger partial charge in [-0.3, -0.25) is 4.79 Å². The van der Waals surface area contributed by atoms with Crippen LogP contribution < -0.4 is 5.32 Å². The number of esters is 1. The Morgan fingerprint density at radius 2 is 2.00 bits per heavy atom. The zero-order valence-electron chi connectivity index (χ0n) is 17.2. The van der Waals surface area contributed by atoms with Gasteiger partial charge in [-0.05, 0) is 52.9 Å². The first-order valence-electron chi connectivity index (χ1n) is 9.23. The topological polar surface area (TPSA) is 85.6 Å². The van der Waals surface area contributed by atoms with Crippen LogP contribution in [-0.2, 0) is 10.9 Å². The number of nitrogens with one attached hydrogen (secondary N) is 1. The highest BCUT2D eigenvalue weighted by Gasteiger charge is 2.37. The summed E-state index contributed by atoms with van der Waals surface area (Å²) >= 11 is 5.58. The largest absolute Gasteiger partial charge is 0.465 e. The molecule has 7 nitrogen and oxygen atoms in total. The standard InChI is InChI=1S/C20H14BrF3N4O3S2/c1-8-9(2)33-18(13(8)19(30)31-3)26-17(29)15-14(21)16-25-10(11-5-4-6-32-11)7-12(20(22,23)24)28(16)27-15/h4-7H,1-3H3,(H,26,29). The molecule has 0 saturated carbocycles. The molecule has 1 amide bonds. The van der Waals surface area contributed by atoms with Crippen LogP contribution in [0.25, 0.3) is 16.2 Å². The van der Waals surface area contributed by atoms with E-state index in [9.17, 15) is 22.8 Å². The number of methoxy groups -OCH3 is 1. The Bertz CT molecular complexity index is 1390. The number of carbonyl (C=O) groups is 2. The van der Waals surface area contributed by atoms with Crippen LogP contribution in [0.5, 0.6) is 0 Å². The van der Waals surface area contributed by atoms with E-state index in [2.05, 4.69) is 31.3 Å². The van der Waals surface area contributed by atoms with E-state index < -0.39 is 23.7 Å². The molecule has 0 bridgehead atoms. The Morgan fingerprint density at radius 1 is 1.27 bits per heavy atom.